The number of aromatic nitrogens is 1. The first-order valence-corrected chi connectivity index (χ1v) is 3.96. The Balaban J connectivity index is 2.51. The molecule has 11 heavy (non-hydrogen) atoms. The number of hydrogen-bond donors (Lipinski definition) is 1. The smallest absolute Gasteiger partial charge is 0.248 e. The quantitative estimate of drug-likeness (QED) is 0.589. The van der Waals surface area contributed by atoms with E-state index >= 15 is 0 Å². The summed E-state index contributed by atoms with van der Waals surface area (Å²) in [5.41, 5.74) is 2.58. The van der Waals surface area contributed by atoms with Crippen LogP contribution >= 0.6 is 0 Å². The molecule has 0 amide bonds. The van der Waals surface area contributed by atoms with Gasteiger partial charge in [-0.15, -0.1) is 0 Å². The topological polar surface area (TPSA) is 32.9 Å². The van der Waals surface area contributed by atoms with Crippen molar-refractivity contribution in [2.75, 3.05) is 0 Å². The van der Waals surface area contributed by atoms with Crippen LogP contribution in [-0.2, 0) is 12.8 Å². The number of H-pyrrole nitrogens is 1. The second-order valence-corrected chi connectivity index (χ2v) is 3.36. The highest BCUT2D eigenvalue weighted by atomic mass is 16.1. The fourth-order valence-corrected chi connectivity index (χ4v) is 1.75. The third-order valence-corrected chi connectivity index (χ3v) is 2.24. The normalized spacial score (nSPS) is 21.7. The Morgan fingerprint density at radius 2 is 2.18 bits per heavy atom. The minimum Gasteiger partial charge on any atom is -0.329 e. The van der Waals surface area contributed by atoms with Crippen molar-refractivity contribution < 1.29 is 0 Å². The van der Waals surface area contributed by atoms with E-state index in [1.807, 2.05) is 6.20 Å². The van der Waals surface area contributed by atoms with Gasteiger partial charge in [-0.2, -0.15) is 0 Å². The van der Waals surface area contributed by atoms with Gasteiger partial charge in [-0.25, -0.2) is 0 Å². The highest BCUT2D eigenvalue weighted by Gasteiger charge is 2.17. The van der Waals surface area contributed by atoms with E-state index in [9.17, 15) is 4.79 Å². The number of pyridine rings is 1. The second-order valence-electron chi connectivity index (χ2n) is 3.36. The first-order valence-electron chi connectivity index (χ1n) is 3.96. The number of hydrogen-bond acceptors (Lipinski definition) is 1. The largest absolute Gasteiger partial charge is 0.329 e. The van der Waals surface area contributed by atoms with Crippen molar-refractivity contribution in [3.05, 3.63) is 33.7 Å². The Kier molecular flexibility index (Phi) is 1.34. The van der Waals surface area contributed by atoms with Gasteiger partial charge >= 0.3 is 0 Å². The summed E-state index contributed by atoms with van der Waals surface area (Å²) in [6, 6.07) is 1.72. The van der Waals surface area contributed by atoms with E-state index in [0.29, 0.717) is 5.92 Å². The molecule has 0 saturated carbocycles. The van der Waals surface area contributed by atoms with Crippen LogP contribution in [0, 0.1) is 5.92 Å². The average Bonchev–Trinajstić information content (AvgIpc) is 2.27. The zero-order valence-electron chi connectivity index (χ0n) is 6.55. The first kappa shape index (κ1) is 6.65. The lowest BCUT2D eigenvalue weighted by atomic mass is 10.1. The number of rotatable bonds is 0. The molecule has 0 aromatic carbocycles. The van der Waals surface area contributed by atoms with Crippen molar-refractivity contribution >= 4 is 0 Å². The lowest BCUT2D eigenvalue weighted by Crippen LogP contribution is -2.04. The van der Waals surface area contributed by atoms with Gasteiger partial charge in [0.25, 0.3) is 0 Å². The first-order chi connectivity index (χ1) is 5.25. The summed E-state index contributed by atoms with van der Waals surface area (Å²) in [5.74, 6) is 0.709. The van der Waals surface area contributed by atoms with Gasteiger partial charge in [-0.3, -0.25) is 4.79 Å². The van der Waals surface area contributed by atoms with Crippen LogP contribution in [-0.4, -0.2) is 4.98 Å². The molecule has 1 atom stereocenters. The minimum absolute atomic E-state index is 0.0258. The molecule has 0 aliphatic heterocycles. The predicted molar refractivity (Wildman–Crippen MR) is 43.6 cm³/mol. The molecular weight excluding hydrogens is 138 g/mol. The van der Waals surface area contributed by atoms with Crippen LogP contribution in [0.1, 0.15) is 18.1 Å². The summed E-state index contributed by atoms with van der Waals surface area (Å²) in [6.07, 6.45) is 4.03. The summed E-state index contributed by atoms with van der Waals surface area (Å²) in [6.45, 7) is 2.21. The molecule has 1 aromatic heterocycles. The molecule has 0 saturated heterocycles. The summed E-state index contributed by atoms with van der Waals surface area (Å²) < 4.78 is 0. The Labute approximate surface area is 65.3 Å². The van der Waals surface area contributed by atoms with Gasteiger partial charge in [-0.1, -0.05) is 6.92 Å². The average molecular weight is 149 g/mol. The maximum Gasteiger partial charge on any atom is 0.248 e. The Morgan fingerprint density at radius 3 is 3.00 bits per heavy atom. The van der Waals surface area contributed by atoms with Crippen molar-refractivity contribution in [1.82, 2.24) is 4.98 Å². The van der Waals surface area contributed by atoms with Gasteiger partial charge < -0.3 is 4.98 Å². The highest BCUT2D eigenvalue weighted by molar-refractivity contribution is 5.28. The standard InChI is InChI=1S/C9H11NO/c1-6-2-7-4-9(11)10-5-8(7)3-6/h4-6H,2-3H2,1H3,(H,10,11). The molecule has 0 fully saturated rings. The number of nitrogens with one attached hydrogen (secondary N) is 1. The molecule has 1 aromatic rings. The van der Waals surface area contributed by atoms with E-state index in [0.717, 1.165) is 12.8 Å². The van der Waals surface area contributed by atoms with Crippen molar-refractivity contribution in [1.29, 1.82) is 0 Å². The molecule has 1 aliphatic carbocycles. The van der Waals surface area contributed by atoms with Crippen LogP contribution in [0.4, 0.5) is 0 Å². The molecule has 2 heteroatoms. The summed E-state index contributed by atoms with van der Waals surface area (Å²) >= 11 is 0. The molecule has 2 rings (SSSR count). The SMILES string of the molecule is CC1Cc2c[nH]c(=O)cc2C1. The molecule has 0 spiro atoms. The van der Waals surface area contributed by atoms with Gasteiger partial charge in [0.15, 0.2) is 0 Å². The van der Waals surface area contributed by atoms with Crippen molar-refractivity contribution in [3.8, 4) is 0 Å². The number of fused-ring (bicyclic) bond motifs is 1. The van der Waals surface area contributed by atoms with E-state index in [-0.39, 0.29) is 5.56 Å². The van der Waals surface area contributed by atoms with Crippen molar-refractivity contribution in [2.45, 2.75) is 19.8 Å². The van der Waals surface area contributed by atoms with Gasteiger partial charge in [0.05, 0.1) is 0 Å². The van der Waals surface area contributed by atoms with Crippen LogP contribution in [0.15, 0.2) is 17.1 Å². The van der Waals surface area contributed by atoms with Gasteiger partial charge in [0, 0.05) is 12.3 Å². The second kappa shape index (κ2) is 2.22. The Hall–Kier alpha value is -1.05. The van der Waals surface area contributed by atoms with Crippen LogP contribution in [0.25, 0.3) is 0 Å². The van der Waals surface area contributed by atoms with Crippen LogP contribution in [0.3, 0.4) is 0 Å². The van der Waals surface area contributed by atoms with E-state index in [4.69, 9.17) is 0 Å². The summed E-state index contributed by atoms with van der Waals surface area (Å²) in [4.78, 5) is 13.6. The lowest BCUT2D eigenvalue weighted by Gasteiger charge is -1.93. The summed E-state index contributed by atoms with van der Waals surface area (Å²) in [7, 11) is 0. The molecule has 1 unspecified atom stereocenters. The Morgan fingerprint density at radius 1 is 1.45 bits per heavy atom. The molecule has 2 nitrogen and oxygen atoms in total. The van der Waals surface area contributed by atoms with Crippen molar-refractivity contribution in [2.24, 2.45) is 5.92 Å². The van der Waals surface area contributed by atoms with E-state index in [2.05, 4.69) is 11.9 Å². The molecule has 1 heterocycles. The minimum atomic E-state index is 0.0258. The summed E-state index contributed by atoms with van der Waals surface area (Å²) in [5, 5.41) is 0. The maximum absolute atomic E-state index is 10.9. The van der Waals surface area contributed by atoms with Gasteiger partial charge in [0.2, 0.25) is 5.56 Å². The maximum atomic E-state index is 10.9. The van der Waals surface area contributed by atoms with Crippen molar-refractivity contribution in [3.63, 3.8) is 0 Å². The van der Waals surface area contributed by atoms with Crippen LogP contribution in [0.2, 0.25) is 0 Å². The van der Waals surface area contributed by atoms with E-state index in [1.54, 1.807) is 6.07 Å². The lowest BCUT2D eigenvalue weighted by molar-refractivity contribution is 0.627. The Bertz CT molecular complexity index is 327. The molecule has 58 valence electrons. The molecule has 1 N–H and O–H groups in total. The fourth-order valence-electron chi connectivity index (χ4n) is 1.75. The highest BCUT2D eigenvalue weighted by Crippen LogP contribution is 2.23. The third kappa shape index (κ3) is 1.09. The van der Waals surface area contributed by atoms with E-state index < -0.39 is 0 Å². The zero-order valence-corrected chi connectivity index (χ0v) is 6.55. The predicted octanol–water partition coefficient (Wildman–Crippen LogP) is 1.11. The van der Waals surface area contributed by atoms with Crippen LogP contribution < -0.4 is 5.56 Å². The van der Waals surface area contributed by atoms with Crippen LogP contribution in [0.5, 0.6) is 0 Å². The molecule has 1 aliphatic rings. The van der Waals surface area contributed by atoms with E-state index in [1.165, 1.54) is 11.1 Å². The fraction of sp³-hybridized carbons (Fsp3) is 0.444. The van der Waals surface area contributed by atoms with Gasteiger partial charge in [0.1, 0.15) is 0 Å². The third-order valence-electron chi connectivity index (χ3n) is 2.24. The number of aromatic amines is 1. The van der Waals surface area contributed by atoms with Gasteiger partial charge in [-0.05, 0) is 29.9 Å². The molecule has 0 radical (unpaired) electrons. The molecular formula is C9H11NO. The zero-order chi connectivity index (χ0) is 7.84. The molecule has 0 bridgehead atoms. The monoisotopic (exact) mass is 149 g/mol.